The van der Waals surface area contributed by atoms with Gasteiger partial charge in [-0.3, -0.25) is 0 Å². The molecule has 0 atom stereocenters. The van der Waals surface area contributed by atoms with E-state index in [0.29, 0.717) is 5.54 Å². The quantitative estimate of drug-likeness (QED) is 0.518. The van der Waals surface area contributed by atoms with Crippen molar-refractivity contribution >= 4 is 12.4 Å². The van der Waals surface area contributed by atoms with Crippen molar-refractivity contribution in [3.63, 3.8) is 0 Å². The van der Waals surface area contributed by atoms with Gasteiger partial charge in [0.25, 0.3) is 0 Å². The van der Waals surface area contributed by atoms with Crippen LogP contribution in [0.4, 0.5) is 0 Å². The minimum Gasteiger partial charge on any atom is -0.308 e. The third kappa shape index (κ3) is 1.39. The molecular formula is C7H14ClN. The highest BCUT2D eigenvalue weighted by Crippen LogP contribution is 2.34. The van der Waals surface area contributed by atoms with Gasteiger partial charge in [-0.25, -0.2) is 0 Å². The van der Waals surface area contributed by atoms with Crippen LogP contribution < -0.4 is 5.32 Å². The van der Waals surface area contributed by atoms with Crippen LogP contribution in [0.2, 0.25) is 0 Å². The Morgan fingerprint density at radius 1 is 1.00 bits per heavy atom. The summed E-state index contributed by atoms with van der Waals surface area (Å²) in [6, 6.07) is 0. The van der Waals surface area contributed by atoms with E-state index < -0.39 is 0 Å². The Morgan fingerprint density at radius 3 is 1.89 bits per heavy atom. The van der Waals surface area contributed by atoms with Crippen LogP contribution in [0.15, 0.2) is 0 Å². The van der Waals surface area contributed by atoms with Crippen molar-refractivity contribution < 1.29 is 0 Å². The van der Waals surface area contributed by atoms with Gasteiger partial charge in [0, 0.05) is 12.1 Å². The zero-order valence-corrected chi connectivity index (χ0v) is 6.47. The summed E-state index contributed by atoms with van der Waals surface area (Å²) in [6.45, 7) is 1.31. The zero-order chi connectivity index (χ0) is 5.45. The molecule has 0 amide bonds. The first-order valence-electron chi connectivity index (χ1n) is 3.66. The molecule has 0 aromatic rings. The molecule has 54 valence electrons. The van der Waals surface area contributed by atoms with E-state index in [-0.39, 0.29) is 12.4 Å². The number of rotatable bonds is 0. The lowest BCUT2D eigenvalue weighted by atomic mass is 9.89. The lowest BCUT2D eigenvalue weighted by Gasteiger charge is -2.18. The predicted molar refractivity (Wildman–Crippen MR) is 41.1 cm³/mol. The zero-order valence-electron chi connectivity index (χ0n) is 5.65. The highest BCUT2D eigenvalue weighted by atomic mass is 35.5. The molecule has 9 heavy (non-hydrogen) atoms. The first-order chi connectivity index (χ1) is 3.91. The van der Waals surface area contributed by atoms with Crippen LogP contribution in [0.25, 0.3) is 0 Å². The molecule has 1 aliphatic heterocycles. The maximum atomic E-state index is 3.45. The van der Waals surface area contributed by atoms with E-state index in [2.05, 4.69) is 5.32 Å². The van der Waals surface area contributed by atoms with Crippen molar-refractivity contribution in [2.45, 2.75) is 37.6 Å². The van der Waals surface area contributed by atoms with Gasteiger partial charge in [0.2, 0.25) is 0 Å². The van der Waals surface area contributed by atoms with Crippen LogP contribution in [0, 0.1) is 0 Å². The summed E-state index contributed by atoms with van der Waals surface area (Å²) in [5.74, 6) is 0. The highest BCUT2D eigenvalue weighted by molar-refractivity contribution is 5.85. The Labute approximate surface area is 62.6 Å². The Hall–Kier alpha value is 0.250. The summed E-state index contributed by atoms with van der Waals surface area (Å²) in [7, 11) is 0. The maximum Gasteiger partial charge on any atom is 0.0307 e. The van der Waals surface area contributed by atoms with E-state index >= 15 is 0 Å². The second kappa shape index (κ2) is 2.47. The fourth-order valence-corrected chi connectivity index (χ4v) is 1.71. The maximum absolute atomic E-state index is 3.45. The van der Waals surface area contributed by atoms with Gasteiger partial charge >= 0.3 is 0 Å². The first kappa shape index (κ1) is 7.36. The molecule has 0 aromatic heterocycles. The number of hydrogen-bond donors (Lipinski definition) is 1. The lowest BCUT2D eigenvalue weighted by Crippen LogP contribution is -2.18. The van der Waals surface area contributed by atoms with Crippen LogP contribution in [-0.2, 0) is 0 Å². The molecule has 0 radical (unpaired) electrons. The molecular weight excluding hydrogens is 134 g/mol. The second-order valence-corrected chi connectivity index (χ2v) is 3.19. The molecule has 1 spiro atoms. The van der Waals surface area contributed by atoms with E-state index in [1.54, 1.807) is 0 Å². The van der Waals surface area contributed by atoms with Crippen LogP contribution >= 0.6 is 12.4 Å². The van der Waals surface area contributed by atoms with Crippen LogP contribution in [0.5, 0.6) is 0 Å². The number of halogens is 1. The van der Waals surface area contributed by atoms with Gasteiger partial charge in [-0.2, -0.15) is 0 Å². The molecule has 1 heterocycles. The van der Waals surface area contributed by atoms with Crippen molar-refractivity contribution in [2.24, 2.45) is 0 Å². The van der Waals surface area contributed by atoms with Crippen molar-refractivity contribution in [2.75, 3.05) is 6.54 Å². The van der Waals surface area contributed by atoms with Gasteiger partial charge in [-0.15, -0.1) is 12.4 Å². The molecule has 2 aliphatic rings. The Balaban J connectivity index is 0.000000405. The Kier molecular flexibility index (Phi) is 2.02. The summed E-state index contributed by atoms with van der Waals surface area (Å²) in [6.07, 6.45) is 7.31. The third-order valence-corrected chi connectivity index (χ3v) is 2.49. The van der Waals surface area contributed by atoms with Crippen molar-refractivity contribution in [3.8, 4) is 0 Å². The van der Waals surface area contributed by atoms with E-state index in [1.807, 2.05) is 0 Å². The molecule has 0 aromatic carbocycles. The molecule has 1 saturated heterocycles. The lowest BCUT2D eigenvalue weighted by molar-refractivity contribution is 0.411. The van der Waals surface area contributed by atoms with E-state index in [4.69, 9.17) is 0 Å². The van der Waals surface area contributed by atoms with E-state index in [9.17, 15) is 0 Å². The van der Waals surface area contributed by atoms with Crippen molar-refractivity contribution in [1.82, 2.24) is 5.32 Å². The third-order valence-electron chi connectivity index (χ3n) is 2.49. The van der Waals surface area contributed by atoms with E-state index in [0.717, 1.165) is 0 Å². The molecule has 1 nitrogen and oxygen atoms in total. The molecule has 2 rings (SSSR count). The summed E-state index contributed by atoms with van der Waals surface area (Å²) < 4.78 is 0. The van der Waals surface area contributed by atoms with Gasteiger partial charge in [0.05, 0.1) is 0 Å². The monoisotopic (exact) mass is 147 g/mol. The largest absolute Gasteiger partial charge is 0.308 e. The fourth-order valence-electron chi connectivity index (χ4n) is 1.71. The SMILES string of the molecule is C1CCC2(CC1)CN2.Cl. The first-order valence-corrected chi connectivity index (χ1v) is 3.66. The van der Waals surface area contributed by atoms with Gasteiger partial charge in [0.15, 0.2) is 0 Å². The van der Waals surface area contributed by atoms with Gasteiger partial charge in [-0.05, 0) is 12.8 Å². The number of nitrogens with one attached hydrogen (secondary N) is 1. The van der Waals surface area contributed by atoms with E-state index in [1.165, 1.54) is 38.6 Å². The molecule has 1 aliphatic carbocycles. The minimum atomic E-state index is 0. The smallest absolute Gasteiger partial charge is 0.0307 e. The van der Waals surface area contributed by atoms with Crippen molar-refractivity contribution in [3.05, 3.63) is 0 Å². The molecule has 0 bridgehead atoms. The van der Waals surface area contributed by atoms with Crippen LogP contribution in [-0.4, -0.2) is 12.1 Å². The van der Waals surface area contributed by atoms with Crippen LogP contribution in [0.3, 0.4) is 0 Å². The molecule has 1 saturated carbocycles. The average molecular weight is 148 g/mol. The molecule has 0 unspecified atom stereocenters. The average Bonchev–Trinajstić information content (AvgIpc) is 2.52. The summed E-state index contributed by atoms with van der Waals surface area (Å²) in [5, 5.41) is 3.45. The second-order valence-electron chi connectivity index (χ2n) is 3.19. The highest BCUT2D eigenvalue weighted by Gasteiger charge is 2.41. The van der Waals surface area contributed by atoms with Gasteiger partial charge in [-0.1, -0.05) is 19.3 Å². The summed E-state index contributed by atoms with van der Waals surface area (Å²) in [4.78, 5) is 0. The van der Waals surface area contributed by atoms with Gasteiger partial charge < -0.3 is 5.32 Å². The normalized spacial score (nSPS) is 29.3. The Bertz CT molecular complexity index is 91.1. The summed E-state index contributed by atoms with van der Waals surface area (Å²) in [5.41, 5.74) is 0.679. The Morgan fingerprint density at radius 2 is 1.56 bits per heavy atom. The number of hydrogen-bond acceptors (Lipinski definition) is 1. The predicted octanol–water partition coefficient (Wildman–Crippen LogP) is 1.71. The van der Waals surface area contributed by atoms with Crippen molar-refractivity contribution in [1.29, 1.82) is 0 Å². The van der Waals surface area contributed by atoms with Gasteiger partial charge in [0.1, 0.15) is 0 Å². The summed E-state index contributed by atoms with van der Waals surface area (Å²) >= 11 is 0. The minimum absolute atomic E-state index is 0. The molecule has 1 N–H and O–H groups in total. The topological polar surface area (TPSA) is 21.9 Å². The van der Waals surface area contributed by atoms with Crippen LogP contribution in [0.1, 0.15) is 32.1 Å². The molecule has 2 fully saturated rings. The standard InChI is InChI=1S/C7H13N.ClH/c1-2-4-7(5-3-1)6-8-7;/h8H,1-6H2;1H. The fraction of sp³-hybridized carbons (Fsp3) is 1.00. The molecule has 2 heteroatoms.